The SMILES string of the molecule is C/C=C\C=C(/C)P(CC)c1ccccc1. The molecule has 1 unspecified atom stereocenters. The molecule has 0 nitrogen and oxygen atoms in total. The Labute approximate surface area is 94.5 Å². The minimum atomic E-state index is -0.117. The highest BCUT2D eigenvalue weighted by Crippen LogP contribution is 2.42. The summed E-state index contributed by atoms with van der Waals surface area (Å²) in [5.74, 6) is 0. The highest BCUT2D eigenvalue weighted by atomic mass is 31.1. The summed E-state index contributed by atoms with van der Waals surface area (Å²) in [7, 11) is -0.117. The average Bonchev–Trinajstić information content (AvgIpc) is 2.29. The third-order valence-electron chi connectivity index (χ3n) is 2.34. The fraction of sp³-hybridized carbons (Fsp3) is 0.286. The molecule has 0 aliphatic carbocycles. The van der Waals surface area contributed by atoms with Crippen LogP contribution in [0.1, 0.15) is 20.8 Å². The van der Waals surface area contributed by atoms with Crippen LogP contribution in [0.2, 0.25) is 0 Å². The van der Waals surface area contributed by atoms with Gasteiger partial charge in [-0.15, -0.1) is 0 Å². The lowest BCUT2D eigenvalue weighted by atomic mass is 10.4. The maximum Gasteiger partial charge on any atom is -0.0199 e. The number of hydrogen-bond acceptors (Lipinski definition) is 0. The van der Waals surface area contributed by atoms with E-state index in [1.54, 1.807) is 0 Å². The molecule has 0 bridgehead atoms. The van der Waals surface area contributed by atoms with Crippen LogP contribution in [0.25, 0.3) is 0 Å². The van der Waals surface area contributed by atoms with Crippen LogP contribution < -0.4 is 5.30 Å². The second kappa shape index (κ2) is 6.58. The van der Waals surface area contributed by atoms with E-state index in [1.807, 2.05) is 0 Å². The van der Waals surface area contributed by atoms with E-state index in [9.17, 15) is 0 Å². The van der Waals surface area contributed by atoms with Crippen molar-refractivity contribution >= 4 is 13.2 Å². The second-order valence-electron chi connectivity index (χ2n) is 3.41. The van der Waals surface area contributed by atoms with Gasteiger partial charge in [-0.2, -0.15) is 0 Å². The first kappa shape index (κ1) is 12.2. The molecule has 0 aromatic heterocycles. The molecule has 1 aromatic rings. The quantitative estimate of drug-likeness (QED) is 0.522. The van der Waals surface area contributed by atoms with Crippen LogP contribution in [-0.4, -0.2) is 6.16 Å². The van der Waals surface area contributed by atoms with Crippen molar-refractivity contribution < 1.29 is 0 Å². The zero-order valence-electron chi connectivity index (χ0n) is 9.77. The summed E-state index contributed by atoms with van der Waals surface area (Å²) in [4.78, 5) is 0. The molecule has 1 atom stereocenters. The lowest BCUT2D eigenvalue weighted by Gasteiger charge is -2.16. The van der Waals surface area contributed by atoms with Gasteiger partial charge in [0.25, 0.3) is 0 Å². The van der Waals surface area contributed by atoms with Crippen LogP contribution in [-0.2, 0) is 0 Å². The van der Waals surface area contributed by atoms with E-state index in [0.29, 0.717) is 0 Å². The summed E-state index contributed by atoms with van der Waals surface area (Å²) < 4.78 is 0. The minimum Gasteiger partial charge on any atom is -0.0876 e. The Bertz CT molecular complexity index is 336. The van der Waals surface area contributed by atoms with Crippen LogP contribution in [0.15, 0.2) is 53.9 Å². The van der Waals surface area contributed by atoms with Crippen LogP contribution >= 0.6 is 7.92 Å². The largest absolute Gasteiger partial charge is 0.0876 e. The molecule has 0 spiro atoms. The fourth-order valence-electron chi connectivity index (χ4n) is 1.57. The Morgan fingerprint density at radius 1 is 1.27 bits per heavy atom. The third-order valence-corrected chi connectivity index (χ3v) is 4.89. The first-order chi connectivity index (χ1) is 7.29. The van der Waals surface area contributed by atoms with E-state index in [0.717, 1.165) is 0 Å². The first-order valence-corrected chi connectivity index (χ1v) is 6.94. The van der Waals surface area contributed by atoms with E-state index in [4.69, 9.17) is 0 Å². The zero-order valence-corrected chi connectivity index (χ0v) is 10.7. The molecular formula is C14H19P. The van der Waals surface area contributed by atoms with Gasteiger partial charge >= 0.3 is 0 Å². The van der Waals surface area contributed by atoms with Crippen molar-refractivity contribution in [1.29, 1.82) is 0 Å². The molecule has 80 valence electrons. The van der Waals surface area contributed by atoms with E-state index >= 15 is 0 Å². The molecule has 0 fully saturated rings. The maximum absolute atomic E-state index is 2.27. The van der Waals surface area contributed by atoms with Gasteiger partial charge in [0.1, 0.15) is 0 Å². The molecule has 0 amide bonds. The van der Waals surface area contributed by atoms with Crippen molar-refractivity contribution in [3.05, 3.63) is 53.9 Å². The predicted molar refractivity (Wildman–Crippen MR) is 72.1 cm³/mol. The van der Waals surface area contributed by atoms with Gasteiger partial charge in [0.15, 0.2) is 0 Å². The molecule has 0 radical (unpaired) electrons. The highest BCUT2D eigenvalue weighted by molar-refractivity contribution is 7.69. The van der Waals surface area contributed by atoms with Gasteiger partial charge in [-0.1, -0.05) is 55.5 Å². The van der Waals surface area contributed by atoms with Crippen molar-refractivity contribution in [2.45, 2.75) is 20.8 Å². The van der Waals surface area contributed by atoms with Gasteiger partial charge in [-0.3, -0.25) is 0 Å². The van der Waals surface area contributed by atoms with Gasteiger partial charge in [-0.05, 0) is 38.5 Å². The Kier molecular flexibility index (Phi) is 5.36. The van der Waals surface area contributed by atoms with Gasteiger partial charge in [0.2, 0.25) is 0 Å². The van der Waals surface area contributed by atoms with Crippen molar-refractivity contribution in [3.8, 4) is 0 Å². The maximum atomic E-state index is 2.27. The summed E-state index contributed by atoms with van der Waals surface area (Å²) in [6.07, 6.45) is 7.67. The van der Waals surface area contributed by atoms with Crippen molar-refractivity contribution in [2.24, 2.45) is 0 Å². The van der Waals surface area contributed by atoms with Crippen LogP contribution in [0, 0.1) is 0 Å². The summed E-state index contributed by atoms with van der Waals surface area (Å²) >= 11 is 0. The molecule has 15 heavy (non-hydrogen) atoms. The highest BCUT2D eigenvalue weighted by Gasteiger charge is 2.08. The van der Waals surface area contributed by atoms with E-state index in [1.165, 1.54) is 16.8 Å². The summed E-state index contributed by atoms with van der Waals surface area (Å²) in [6, 6.07) is 10.8. The Hall–Kier alpha value is -0.870. The van der Waals surface area contributed by atoms with Gasteiger partial charge in [0.05, 0.1) is 0 Å². The Morgan fingerprint density at radius 3 is 2.47 bits per heavy atom. The van der Waals surface area contributed by atoms with E-state index < -0.39 is 0 Å². The van der Waals surface area contributed by atoms with Crippen LogP contribution in [0.5, 0.6) is 0 Å². The molecule has 0 aliphatic rings. The van der Waals surface area contributed by atoms with Gasteiger partial charge < -0.3 is 0 Å². The van der Waals surface area contributed by atoms with Crippen LogP contribution in [0.3, 0.4) is 0 Å². The second-order valence-corrected chi connectivity index (χ2v) is 6.12. The number of allylic oxidation sites excluding steroid dienone is 4. The Balaban J connectivity index is 2.89. The Morgan fingerprint density at radius 2 is 1.93 bits per heavy atom. The molecule has 0 saturated heterocycles. The van der Waals surface area contributed by atoms with Gasteiger partial charge in [0, 0.05) is 0 Å². The molecule has 0 saturated carbocycles. The van der Waals surface area contributed by atoms with Crippen molar-refractivity contribution in [2.75, 3.05) is 6.16 Å². The molecule has 0 aliphatic heterocycles. The normalized spacial score (nSPS) is 14.5. The van der Waals surface area contributed by atoms with Crippen molar-refractivity contribution in [1.82, 2.24) is 0 Å². The molecule has 1 aromatic carbocycles. The van der Waals surface area contributed by atoms with Crippen molar-refractivity contribution in [3.63, 3.8) is 0 Å². The number of benzene rings is 1. The molecular weight excluding hydrogens is 199 g/mol. The minimum absolute atomic E-state index is 0.117. The zero-order chi connectivity index (χ0) is 11.1. The molecule has 1 rings (SSSR count). The molecule has 1 heteroatoms. The average molecular weight is 218 g/mol. The first-order valence-electron chi connectivity index (χ1n) is 5.41. The topological polar surface area (TPSA) is 0 Å². The fourth-order valence-corrected chi connectivity index (χ4v) is 3.64. The predicted octanol–water partition coefficient (Wildman–Crippen LogP) is 4.29. The smallest absolute Gasteiger partial charge is 0.0199 e. The standard InChI is InChI=1S/C14H19P/c1-4-6-10-13(3)15(5-2)14-11-8-7-9-12-14/h4,6-12H,5H2,1-3H3/b6-4-,13-10+. The third kappa shape index (κ3) is 3.64. The van der Waals surface area contributed by atoms with E-state index in [-0.39, 0.29) is 7.92 Å². The molecule has 0 heterocycles. The summed E-state index contributed by atoms with van der Waals surface area (Å²) in [5.41, 5.74) is 0. The summed E-state index contributed by atoms with van der Waals surface area (Å²) in [6.45, 7) is 6.56. The summed E-state index contributed by atoms with van der Waals surface area (Å²) in [5, 5.41) is 2.98. The van der Waals surface area contributed by atoms with Crippen LogP contribution in [0.4, 0.5) is 0 Å². The molecule has 0 N–H and O–H groups in total. The number of rotatable bonds is 4. The van der Waals surface area contributed by atoms with Gasteiger partial charge in [-0.25, -0.2) is 0 Å². The lowest BCUT2D eigenvalue weighted by Crippen LogP contribution is -2.01. The monoisotopic (exact) mass is 218 g/mol. The number of hydrogen-bond donors (Lipinski definition) is 0. The van der Waals surface area contributed by atoms with E-state index in [2.05, 4.69) is 69.3 Å². The lowest BCUT2D eigenvalue weighted by molar-refractivity contribution is 1.48.